The zero-order valence-corrected chi connectivity index (χ0v) is 20.4. The maximum absolute atomic E-state index is 13.2. The molecule has 0 saturated heterocycles. The van der Waals surface area contributed by atoms with Gasteiger partial charge in [-0.3, -0.25) is 14.8 Å². The van der Waals surface area contributed by atoms with Crippen LogP contribution in [-0.4, -0.2) is 27.1 Å². The summed E-state index contributed by atoms with van der Waals surface area (Å²) in [5.41, 5.74) is 13.3. The fraction of sp³-hybridized carbons (Fsp3) is 0.115. The highest BCUT2D eigenvalue weighted by Crippen LogP contribution is 2.32. The van der Waals surface area contributed by atoms with Gasteiger partial charge in [0, 0.05) is 35.0 Å². The number of carbonyl (C=O) groups is 1. The molecule has 0 aliphatic carbocycles. The van der Waals surface area contributed by atoms with Crippen LogP contribution in [0.4, 0.5) is 11.5 Å². The molecular weight excluding hydrogens is 480 g/mol. The number of amides is 1. The van der Waals surface area contributed by atoms with Crippen LogP contribution < -0.4 is 11.1 Å². The van der Waals surface area contributed by atoms with Crippen molar-refractivity contribution >= 4 is 68.4 Å². The fourth-order valence-electron chi connectivity index (χ4n) is 4.41. The van der Waals surface area contributed by atoms with Crippen LogP contribution in [0.3, 0.4) is 0 Å². The molecule has 3 aromatic heterocycles. The van der Waals surface area contributed by atoms with Crippen LogP contribution in [0.15, 0.2) is 59.3 Å². The number of halogens is 1. The number of nitrogens with zero attached hydrogens (tertiary/aromatic N) is 4. The number of carbonyl (C=O) groups excluding carboxylic acids is 1. The fourth-order valence-corrected chi connectivity index (χ4v) is 5.31. The normalized spacial score (nSPS) is 12.0. The van der Waals surface area contributed by atoms with E-state index < -0.39 is 0 Å². The Morgan fingerprint density at radius 1 is 1.11 bits per heavy atom. The molecule has 0 spiro atoms. The first-order chi connectivity index (χ1) is 16.6. The van der Waals surface area contributed by atoms with Gasteiger partial charge in [-0.1, -0.05) is 30.3 Å². The van der Waals surface area contributed by atoms with Gasteiger partial charge in [0.2, 0.25) is 0 Å². The topological polar surface area (TPSA) is 106 Å². The number of benzene rings is 2. The van der Waals surface area contributed by atoms with E-state index in [-0.39, 0.29) is 18.3 Å². The zero-order chi connectivity index (χ0) is 23.2. The second-order valence-electron chi connectivity index (χ2n) is 8.33. The van der Waals surface area contributed by atoms with Crippen LogP contribution in [-0.2, 0) is 13.0 Å². The van der Waals surface area contributed by atoms with Crippen LogP contribution >= 0.6 is 23.7 Å². The van der Waals surface area contributed by atoms with Crippen LogP contribution in [0.2, 0.25) is 0 Å². The number of pyridine rings is 1. The summed E-state index contributed by atoms with van der Waals surface area (Å²) in [4.78, 5) is 30.6. The number of rotatable bonds is 4. The van der Waals surface area contributed by atoms with Gasteiger partial charge in [0.15, 0.2) is 0 Å². The first kappa shape index (κ1) is 22.9. The summed E-state index contributed by atoms with van der Waals surface area (Å²) >= 11 is 1.37. The van der Waals surface area contributed by atoms with Gasteiger partial charge in [0.05, 0.1) is 33.7 Å². The lowest BCUT2D eigenvalue weighted by molar-refractivity contribution is 0.102. The number of thiophene rings is 1. The van der Waals surface area contributed by atoms with Crippen molar-refractivity contribution in [3.8, 4) is 0 Å². The molecule has 0 fully saturated rings. The third kappa shape index (κ3) is 4.00. The quantitative estimate of drug-likeness (QED) is 0.347. The summed E-state index contributed by atoms with van der Waals surface area (Å²) in [6, 6.07) is 12.5. The molecule has 2 aromatic carbocycles. The minimum Gasteiger partial charge on any atom is -0.382 e. The molecule has 7 nitrogen and oxygen atoms in total. The summed E-state index contributed by atoms with van der Waals surface area (Å²) in [6.07, 6.45) is 5.81. The Hall–Kier alpha value is -3.88. The molecule has 3 N–H and O–H groups in total. The number of hydrogen-bond donors (Lipinski definition) is 2. The van der Waals surface area contributed by atoms with E-state index in [1.54, 1.807) is 11.6 Å². The molecule has 174 valence electrons. The second kappa shape index (κ2) is 9.05. The monoisotopic (exact) mass is 500 g/mol. The number of anilines is 2. The van der Waals surface area contributed by atoms with E-state index >= 15 is 0 Å². The minimum atomic E-state index is -0.225. The number of aromatic nitrogens is 3. The van der Waals surface area contributed by atoms with Crippen molar-refractivity contribution in [1.82, 2.24) is 15.0 Å². The first-order valence-corrected chi connectivity index (χ1v) is 11.7. The predicted molar refractivity (Wildman–Crippen MR) is 144 cm³/mol. The average molecular weight is 501 g/mol. The second-order valence-corrected chi connectivity index (χ2v) is 9.21. The Labute approximate surface area is 211 Å². The van der Waals surface area contributed by atoms with Gasteiger partial charge in [0.25, 0.3) is 5.91 Å². The van der Waals surface area contributed by atoms with Crippen LogP contribution in [0.5, 0.6) is 0 Å². The predicted octanol–water partition coefficient (Wildman–Crippen LogP) is 5.33. The van der Waals surface area contributed by atoms with E-state index in [2.05, 4.69) is 49.5 Å². The van der Waals surface area contributed by atoms with E-state index in [4.69, 9.17) is 5.73 Å². The third-order valence-electron chi connectivity index (χ3n) is 6.17. The van der Waals surface area contributed by atoms with Crippen molar-refractivity contribution in [2.45, 2.75) is 19.9 Å². The van der Waals surface area contributed by atoms with E-state index in [1.807, 2.05) is 25.3 Å². The molecule has 35 heavy (non-hydrogen) atoms. The van der Waals surface area contributed by atoms with Gasteiger partial charge < -0.3 is 11.1 Å². The van der Waals surface area contributed by atoms with Gasteiger partial charge in [0.1, 0.15) is 12.1 Å². The van der Waals surface area contributed by atoms with Gasteiger partial charge in [-0.05, 0) is 35.2 Å². The molecule has 0 radical (unpaired) electrons. The minimum absolute atomic E-state index is 0. The molecule has 4 heterocycles. The number of nitrogen functional groups attached to an aromatic ring is 1. The van der Waals surface area contributed by atoms with E-state index in [0.29, 0.717) is 28.0 Å². The van der Waals surface area contributed by atoms with Gasteiger partial charge in [-0.25, -0.2) is 9.97 Å². The number of fused-ring (bicyclic) bond motifs is 3. The van der Waals surface area contributed by atoms with E-state index in [9.17, 15) is 4.79 Å². The number of aryl methyl sites for hydroxylation is 1. The lowest BCUT2D eigenvalue weighted by atomic mass is 9.98. The Balaban J connectivity index is 0.00000253. The third-order valence-corrected chi connectivity index (χ3v) is 7.16. The molecule has 1 aliphatic rings. The smallest absolute Gasteiger partial charge is 0.258 e. The molecule has 0 bridgehead atoms. The first-order valence-electron chi connectivity index (χ1n) is 10.9. The van der Waals surface area contributed by atoms with E-state index in [1.165, 1.54) is 34.4 Å². The highest BCUT2D eigenvalue weighted by atomic mass is 35.5. The molecule has 9 heteroatoms. The summed E-state index contributed by atoms with van der Waals surface area (Å²) < 4.78 is 0.716. The Morgan fingerprint density at radius 2 is 2.00 bits per heavy atom. The van der Waals surface area contributed by atoms with Crippen molar-refractivity contribution in [3.63, 3.8) is 0 Å². The van der Waals surface area contributed by atoms with Crippen LogP contribution in [0.1, 0.15) is 38.3 Å². The largest absolute Gasteiger partial charge is 0.382 e. The Bertz CT molecular complexity index is 1640. The summed E-state index contributed by atoms with van der Waals surface area (Å²) in [5.74, 6) is 0.154. The van der Waals surface area contributed by atoms with Crippen LogP contribution in [0.25, 0.3) is 21.0 Å². The van der Waals surface area contributed by atoms with Crippen molar-refractivity contribution in [2.75, 3.05) is 11.1 Å². The molecule has 0 atom stereocenters. The number of nitrogens with one attached hydrogen (secondary N) is 1. The highest BCUT2D eigenvalue weighted by Gasteiger charge is 2.18. The summed E-state index contributed by atoms with van der Waals surface area (Å²) in [6.45, 7) is 2.72. The lowest BCUT2D eigenvalue weighted by Crippen LogP contribution is -2.13. The van der Waals surface area contributed by atoms with E-state index in [0.717, 1.165) is 34.3 Å². The Morgan fingerprint density at radius 3 is 2.89 bits per heavy atom. The molecule has 6 rings (SSSR count). The zero-order valence-electron chi connectivity index (χ0n) is 18.8. The van der Waals surface area contributed by atoms with Crippen molar-refractivity contribution in [3.05, 3.63) is 87.8 Å². The molecule has 0 unspecified atom stereocenters. The van der Waals surface area contributed by atoms with Crippen molar-refractivity contribution < 1.29 is 4.79 Å². The SMILES string of the molecule is Cc1ccc2c(Cc3ccc4c(c3)CN=C4)nccc2c1NC(=O)c1csc2c(N)ncnc12.Cl. The maximum atomic E-state index is 13.2. The summed E-state index contributed by atoms with van der Waals surface area (Å²) in [7, 11) is 0. The van der Waals surface area contributed by atoms with Crippen molar-refractivity contribution in [2.24, 2.45) is 4.99 Å². The average Bonchev–Trinajstić information content (AvgIpc) is 3.48. The number of nitrogens with two attached hydrogens (primary N) is 1. The van der Waals surface area contributed by atoms with Crippen molar-refractivity contribution in [1.29, 1.82) is 0 Å². The maximum Gasteiger partial charge on any atom is 0.258 e. The molecule has 1 amide bonds. The van der Waals surface area contributed by atoms with Gasteiger partial charge in [-0.15, -0.1) is 23.7 Å². The highest BCUT2D eigenvalue weighted by molar-refractivity contribution is 7.18. The number of aliphatic imine (C=N–C) groups is 1. The van der Waals surface area contributed by atoms with Gasteiger partial charge >= 0.3 is 0 Å². The summed E-state index contributed by atoms with van der Waals surface area (Å²) in [5, 5.41) is 6.86. The van der Waals surface area contributed by atoms with Crippen LogP contribution in [0, 0.1) is 6.92 Å². The lowest BCUT2D eigenvalue weighted by Gasteiger charge is -2.14. The Kier molecular flexibility index (Phi) is 5.92. The van der Waals surface area contributed by atoms with Gasteiger partial charge in [-0.2, -0.15) is 0 Å². The standard InChI is InChI=1S/C26H20N6OS.ClH/c1-14-2-5-18-19(6-7-29-21(18)9-15-3-4-16-10-28-11-17(16)8-15)22(14)32-26(33)20-12-34-24-23(20)30-13-31-25(24)27;/h2-8,10,12-13H,9,11H2,1H3,(H,32,33)(H2,27,30,31);1H. The molecule has 5 aromatic rings. The molecule has 0 saturated carbocycles. The molecule has 1 aliphatic heterocycles. The number of hydrogen-bond acceptors (Lipinski definition) is 7. The molecular formula is C26H21ClN6OS.